The molecule has 0 amide bonds. The van der Waals surface area contributed by atoms with E-state index in [1.165, 1.54) is 12.2 Å². The summed E-state index contributed by atoms with van der Waals surface area (Å²) in [6.45, 7) is -1.29. The molecule has 1 saturated carbocycles. The summed E-state index contributed by atoms with van der Waals surface area (Å²) >= 11 is 0. The maximum atomic E-state index is 12.0. The minimum Gasteiger partial charge on any atom is -0.481 e. The summed E-state index contributed by atoms with van der Waals surface area (Å²) in [5, 5.41) is 29.5. The highest BCUT2D eigenvalue weighted by Crippen LogP contribution is 2.34. The number of aliphatic hydroxyl groups excluding tert-OH is 1. The lowest BCUT2D eigenvalue weighted by Crippen LogP contribution is -2.23. The monoisotopic (exact) mass is 317 g/mol. The van der Waals surface area contributed by atoms with Gasteiger partial charge in [0.05, 0.1) is 11.7 Å². The highest BCUT2D eigenvalue weighted by Gasteiger charge is 2.39. The van der Waals surface area contributed by atoms with Gasteiger partial charge in [0.2, 0.25) is 0 Å². The van der Waals surface area contributed by atoms with Gasteiger partial charge in [0, 0.05) is 31.5 Å². The number of aliphatic hydroxyl groups is 2. The van der Waals surface area contributed by atoms with Gasteiger partial charge in [-0.1, -0.05) is 31.9 Å². The Morgan fingerprint density at radius 3 is 2.91 bits per heavy atom. The van der Waals surface area contributed by atoms with Crippen molar-refractivity contribution in [2.45, 2.75) is 70.4 Å². The average Bonchev–Trinajstić information content (AvgIpc) is 2.77. The second-order valence-electron chi connectivity index (χ2n) is 5.77. The van der Waals surface area contributed by atoms with Crippen LogP contribution in [-0.4, -0.2) is 38.8 Å². The van der Waals surface area contributed by atoms with E-state index in [0.717, 1.165) is 0 Å². The van der Waals surface area contributed by atoms with Crippen molar-refractivity contribution >= 4 is 11.8 Å². The lowest BCUT2D eigenvalue weighted by molar-refractivity contribution is -0.137. The van der Waals surface area contributed by atoms with E-state index in [1.807, 2.05) is 0 Å². The van der Waals surface area contributed by atoms with Crippen molar-refractivity contribution in [2.24, 2.45) is 11.8 Å². The molecule has 1 rings (SSSR count). The zero-order chi connectivity index (χ0) is 21.0. The Balaban J connectivity index is 3.00. The van der Waals surface area contributed by atoms with Crippen molar-refractivity contribution in [3.05, 3.63) is 12.2 Å². The number of Topliss-reactive ketones (excluding diaryl/α,β-unsaturated/α-hetero) is 1. The van der Waals surface area contributed by atoms with Gasteiger partial charge in [-0.15, -0.1) is 0 Å². The first-order valence-electron chi connectivity index (χ1n) is 10.1. The van der Waals surface area contributed by atoms with Crippen LogP contribution in [0.15, 0.2) is 12.2 Å². The fourth-order valence-electron chi connectivity index (χ4n) is 2.67. The lowest BCUT2D eigenvalue weighted by Gasteiger charge is -2.22. The van der Waals surface area contributed by atoms with Gasteiger partial charge in [-0.2, -0.15) is 0 Å². The van der Waals surface area contributed by atoms with Crippen molar-refractivity contribution in [1.82, 2.24) is 0 Å². The van der Waals surface area contributed by atoms with Crippen molar-refractivity contribution in [2.75, 3.05) is 0 Å². The zero-order valence-electron chi connectivity index (χ0n) is 17.8. The van der Waals surface area contributed by atoms with Gasteiger partial charge in [0.1, 0.15) is 5.78 Å². The number of carboxylic acid groups (broad SMARTS) is 1. The SMILES string of the molecule is [2H]C([2H])([2H])C(O)(C/C=C/[C@H]1[C@H](O)CC(=O)[C@@H]1CCC(=O)O)C([2H])([2H])CCC. The molecule has 5 nitrogen and oxygen atoms in total. The Labute approximate surface area is 139 Å². The van der Waals surface area contributed by atoms with E-state index in [4.69, 9.17) is 12.0 Å². The van der Waals surface area contributed by atoms with Crippen LogP contribution < -0.4 is 0 Å². The molecule has 0 spiro atoms. The number of ketones is 1. The molecule has 0 saturated heterocycles. The Bertz CT molecular complexity index is 575. The standard InChI is InChI=1S/C17H28O5/c1-3-4-9-17(2,22)10-5-6-12-13(7-8-16(20)21)15(19)11-14(12)18/h5-6,12-14,18,22H,3-4,7-11H2,1-2H3,(H,20,21)/b6-5+/t12-,13-,14-,17?/m1/s1/i2D3,9D2. The fourth-order valence-corrected chi connectivity index (χ4v) is 2.67. The largest absolute Gasteiger partial charge is 0.481 e. The van der Waals surface area contributed by atoms with Crippen LogP contribution in [0.1, 0.15) is 65.5 Å². The molecule has 22 heavy (non-hydrogen) atoms. The van der Waals surface area contributed by atoms with Crippen LogP contribution in [-0.2, 0) is 9.59 Å². The van der Waals surface area contributed by atoms with E-state index in [0.29, 0.717) is 6.42 Å². The molecule has 1 aliphatic carbocycles. The first kappa shape index (κ1) is 12.3. The molecule has 4 atom stereocenters. The smallest absolute Gasteiger partial charge is 0.303 e. The number of rotatable bonds is 9. The third-order valence-corrected chi connectivity index (χ3v) is 3.84. The van der Waals surface area contributed by atoms with Crippen molar-refractivity contribution in [1.29, 1.82) is 0 Å². The Kier molecular flexibility index (Phi) is 4.70. The molecule has 1 fully saturated rings. The molecule has 0 aliphatic heterocycles. The van der Waals surface area contributed by atoms with Gasteiger partial charge in [0.25, 0.3) is 0 Å². The summed E-state index contributed by atoms with van der Waals surface area (Å²) in [4.78, 5) is 22.7. The van der Waals surface area contributed by atoms with Crippen LogP contribution in [0.4, 0.5) is 0 Å². The van der Waals surface area contributed by atoms with Gasteiger partial charge in [-0.3, -0.25) is 9.59 Å². The molecule has 0 radical (unpaired) electrons. The maximum Gasteiger partial charge on any atom is 0.303 e. The zero-order valence-corrected chi connectivity index (χ0v) is 12.8. The first-order valence-corrected chi connectivity index (χ1v) is 7.58. The molecule has 0 aromatic rings. The van der Waals surface area contributed by atoms with E-state index in [9.17, 15) is 19.8 Å². The molecule has 0 aromatic carbocycles. The van der Waals surface area contributed by atoms with Crippen LogP contribution in [0, 0.1) is 11.8 Å². The van der Waals surface area contributed by atoms with Crippen molar-refractivity contribution in [3.63, 3.8) is 0 Å². The number of carboxylic acids is 1. The molecular weight excluding hydrogens is 284 g/mol. The molecule has 1 unspecified atom stereocenters. The van der Waals surface area contributed by atoms with Crippen LogP contribution in [0.25, 0.3) is 0 Å². The van der Waals surface area contributed by atoms with Crippen molar-refractivity contribution in [3.8, 4) is 0 Å². The van der Waals surface area contributed by atoms with E-state index < -0.39 is 49.2 Å². The number of hydrogen-bond donors (Lipinski definition) is 3. The first-order chi connectivity index (χ1) is 12.3. The Morgan fingerprint density at radius 2 is 2.32 bits per heavy atom. The van der Waals surface area contributed by atoms with E-state index in [1.54, 1.807) is 6.92 Å². The van der Waals surface area contributed by atoms with Crippen LogP contribution in [0.5, 0.6) is 0 Å². The normalized spacial score (nSPS) is 32.8. The van der Waals surface area contributed by atoms with Gasteiger partial charge < -0.3 is 15.3 Å². The minimum atomic E-state index is -2.97. The molecule has 126 valence electrons. The molecule has 3 N–H and O–H groups in total. The summed E-state index contributed by atoms with van der Waals surface area (Å²) in [5.41, 5.74) is -2.61. The Hall–Kier alpha value is -1.20. The average molecular weight is 317 g/mol. The third-order valence-electron chi connectivity index (χ3n) is 3.84. The van der Waals surface area contributed by atoms with Crippen LogP contribution >= 0.6 is 0 Å². The number of aliphatic carboxylic acids is 1. The second-order valence-corrected chi connectivity index (χ2v) is 5.77. The number of carbonyl (C=O) groups excluding carboxylic acids is 1. The molecular formula is C17H28O5. The van der Waals surface area contributed by atoms with E-state index >= 15 is 0 Å². The molecule has 0 aromatic heterocycles. The summed E-state index contributed by atoms with van der Waals surface area (Å²) in [6, 6.07) is 0. The fraction of sp³-hybridized carbons (Fsp3) is 0.765. The maximum absolute atomic E-state index is 12.0. The van der Waals surface area contributed by atoms with Gasteiger partial charge in [-0.05, 0) is 26.1 Å². The highest BCUT2D eigenvalue weighted by atomic mass is 16.4. The quantitative estimate of drug-likeness (QED) is 0.567. The summed E-state index contributed by atoms with van der Waals surface area (Å²) in [5.74, 6) is -2.70. The van der Waals surface area contributed by atoms with Crippen LogP contribution in [0.3, 0.4) is 0 Å². The van der Waals surface area contributed by atoms with E-state index in [-0.39, 0.29) is 31.5 Å². The predicted octanol–water partition coefficient (Wildman–Crippen LogP) is 2.30. The van der Waals surface area contributed by atoms with Gasteiger partial charge in [-0.25, -0.2) is 0 Å². The van der Waals surface area contributed by atoms with E-state index in [2.05, 4.69) is 0 Å². The summed E-state index contributed by atoms with van der Waals surface area (Å²) < 4.78 is 38.7. The molecule has 0 bridgehead atoms. The molecule has 5 heteroatoms. The Morgan fingerprint density at radius 1 is 1.59 bits per heavy atom. The van der Waals surface area contributed by atoms with Gasteiger partial charge >= 0.3 is 5.97 Å². The van der Waals surface area contributed by atoms with Gasteiger partial charge in [0.15, 0.2) is 0 Å². The number of hydrogen-bond acceptors (Lipinski definition) is 4. The van der Waals surface area contributed by atoms with Crippen molar-refractivity contribution < 1.29 is 31.8 Å². The third kappa shape index (κ3) is 5.89. The minimum absolute atomic E-state index is 0.0560. The molecule has 1 aliphatic rings. The number of carbonyl (C=O) groups is 2. The second kappa shape index (κ2) is 8.44. The summed E-state index contributed by atoms with van der Waals surface area (Å²) in [7, 11) is 0. The molecule has 0 heterocycles. The topological polar surface area (TPSA) is 94.8 Å². The predicted molar refractivity (Wildman–Crippen MR) is 83.4 cm³/mol. The van der Waals surface area contributed by atoms with Crippen LogP contribution in [0.2, 0.25) is 0 Å². The lowest BCUT2D eigenvalue weighted by atomic mass is 9.88. The highest BCUT2D eigenvalue weighted by molar-refractivity contribution is 5.85. The summed E-state index contributed by atoms with van der Waals surface area (Å²) in [6.07, 6.45) is -1.28.